The number of hydrogen-bond acceptors (Lipinski definition) is 7. The van der Waals surface area contributed by atoms with Gasteiger partial charge in [0.2, 0.25) is 0 Å². The van der Waals surface area contributed by atoms with E-state index >= 15 is 0 Å². The van der Waals surface area contributed by atoms with Gasteiger partial charge in [-0.1, -0.05) is 6.07 Å². The molecule has 164 valence electrons. The summed E-state index contributed by atoms with van der Waals surface area (Å²) in [6.07, 6.45) is -1.02. The van der Waals surface area contributed by atoms with Crippen LogP contribution in [0.25, 0.3) is 0 Å². The SMILES string of the molecule is CC(OC(=O)c1ccc(NC(=O)c2cccs2)cc1)C(=O)Nc1ccc2c(c1)OCCO2. The van der Waals surface area contributed by atoms with Gasteiger partial charge in [0, 0.05) is 17.4 Å². The summed E-state index contributed by atoms with van der Waals surface area (Å²) < 4.78 is 16.2. The minimum Gasteiger partial charge on any atom is -0.486 e. The fourth-order valence-electron chi connectivity index (χ4n) is 2.94. The maximum absolute atomic E-state index is 12.4. The molecule has 0 bridgehead atoms. The monoisotopic (exact) mass is 452 g/mol. The molecule has 2 heterocycles. The zero-order valence-corrected chi connectivity index (χ0v) is 17.9. The van der Waals surface area contributed by atoms with E-state index in [4.69, 9.17) is 14.2 Å². The van der Waals surface area contributed by atoms with Crippen LogP contribution in [0.2, 0.25) is 0 Å². The Hall–Kier alpha value is -3.85. The molecular formula is C23H20N2O6S. The first-order valence-electron chi connectivity index (χ1n) is 9.86. The molecular weight excluding hydrogens is 432 g/mol. The molecule has 9 heteroatoms. The molecule has 0 radical (unpaired) electrons. The van der Waals surface area contributed by atoms with Crippen LogP contribution in [-0.2, 0) is 9.53 Å². The number of benzene rings is 2. The number of anilines is 2. The Morgan fingerprint density at radius 2 is 1.66 bits per heavy atom. The van der Waals surface area contributed by atoms with E-state index in [1.165, 1.54) is 30.4 Å². The maximum atomic E-state index is 12.4. The summed E-state index contributed by atoms with van der Waals surface area (Å²) in [6, 6.07) is 14.8. The fraction of sp³-hybridized carbons (Fsp3) is 0.174. The van der Waals surface area contributed by atoms with E-state index in [-0.39, 0.29) is 11.5 Å². The van der Waals surface area contributed by atoms with Gasteiger partial charge in [-0.15, -0.1) is 11.3 Å². The van der Waals surface area contributed by atoms with Crippen molar-refractivity contribution in [3.8, 4) is 11.5 Å². The van der Waals surface area contributed by atoms with Gasteiger partial charge < -0.3 is 24.8 Å². The van der Waals surface area contributed by atoms with E-state index in [0.717, 1.165) is 0 Å². The second-order valence-corrected chi connectivity index (χ2v) is 7.85. The number of rotatable bonds is 6. The zero-order valence-electron chi connectivity index (χ0n) is 17.1. The lowest BCUT2D eigenvalue weighted by molar-refractivity contribution is -0.123. The van der Waals surface area contributed by atoms with Crippen LogP contribution in [0.3, 0.4) is 0 Å². The average molecular weight is 452 g/mol. The third kappa shape index (κ3) is 5.06. The summed E-state index contributed by atoms with van der Waals surface area (Å²) in [5, 5.41) is 7.27. The molecule has 1 aromatic heterocycles. The van der Waals surface area contributed by atoms with E-state index in [9.17, 15) is 14.4 Å². The lowest BCUT2D eigenvalue weighted by Crippen LogP contribution is -2.30. The lowest BCUT2D eigenvalue weighted by Gasteiger charge is -2.19. The molecule has 1 atom stereocenters. The van der Waals surface area contributed by atoms with Gasteiger partial charge in [0.05, 0.1) is 10.4 Å². The number of esters is 1. The number of thiophene rings is 1. The van der Waals surface area contributed by atoms with Gasteiger partial charge >= 0.3 is 5.97 Å². The number of amides is 2. The third-order valence-corrected chi connectivity index (χ3v) is 5.45. The highest BCUT2D eigenvalue weighted by Crippen LogP contribution is 2.32. The van der Waals surface area contributed by atoms with Crippen LogP contribution in [0.1, 0.15) is 27.0 Å². The molecule has 1 aliphatic rings. The highest BCUT2D eigenvalue weighted by atomic mass is 32.1. The molecule has 0 spiro atoms. The van der Waals surface area contributed by atoms with Crippen molar-refractivity contribution in [2.75, 3.05) is 23.8 Å². The molecule has 1 unspecified atom stereocenters. The molecule has 32 heavy (non-hydrogen) atoms. The summed E-state index contributed by atoms with van der Waals surface area (Å²) in [4.78, 5) is 37.5. The van der Waals surface area contributed by atoms with Crippen molar-refractivity contribution in [1.82, 2.24) is 0 Å². The standard InChI is InChI=1S/C23H20N2O6S/c1-14(21(26)25-17-8-9-18-19(13-17)30-11-10-29-18)31-23(28)15-4-6-16(7-5-15)24-22(27)20-3-2-12-32-20/h2-9,12-14H,10-11H2,1H3,(H,24,27)(H,25,26). The molecule has 2 N–H and O–H groups in total. The number of carbonyl (C=O) groups is 3. The normalized spacial score (nSPS) is 13.0. The van der Waals surface area contributed by atoms with Gasteiger partial charge in [0.15, 0.2) is 17.6 Å². The van der Waals surface area contributed by atoms with E-state index in [1.54, 1.807) is 42.5 Å². The number of ether oxygens (including phenoxy) is 3. The van der Waals surface area contributed by atoms with Crippen molar-refractivity contribution in [2.45, 2.75) is 13.0 Å². The van der Waals surface area contributed by atoms with E-state index in [2.05, 4.69) is 10.6 Å². The largest absolute Gasteiger partial charge is 0.486 e. The molecule has 0 saturated carbocycles. The molecule has 8 nitrogen and oxygen atoms in total. The Bertz CT molecular complexity index is 1130. The lowest BCUT2D eigenvalue weighted by atomic mass is 10.2. The summed E-state index contributed by atoms with van der Waals surface area (Å²) in [5.41, 5.74) is 1.32. The van der Waals surface area contributed by atoms with Gasteiger partial charge in [-0.2, -0.15) is 0 Å². The topological polar surface area (TPSA) is 103 Å². The quantitative estimate of drug-likeness (QED) is 0.549. The first-order chi connectivity index (χ1) is 15.5. The molecule has 1 aliphatic heterocycles. The second kappa shape index (κ2) is 9.52. The highest BCUT2D eigenvalue weighted by molar-refractivity contribution is 7.12. The second-order valence-electron chi connectivity index (χ2n) is 6.90. The first-order valence-corrected chi connectivity index (χ1v) is 10.7. The number of fused-ring (bicyclic) bond motifs is 1. The third-order valence-electron chi connectivity index (χ3n) is 4.59. The fourth-order valence-corrected chi connectivity index (χ4v) is 3.56. The van der Waals surface area contributed by atoms with Crippen molar-refractivity contribution >= 4 is 40.5 Å². The molecule has 2 aromatic carbocycles. The van der Waals surface area contributed by atoms with Crippen molar-refractivity contribution < 1.29 is 28.6 Å². The summed E-state index contributed by atoms with van der Waals surface area (Å²) >= 11 is 1.34. The minimum absolute atomic E-state index is 0.222. The Labute approximate surface area is 188 Å². The van der Waals surface area contributed by atoms with Crippen LogP contribution in [0, 0.1) is 0 Å². The first kappa shape index (κ1) is 21.4. The average Bonchev–Trinajstić information content (AvgIpc) is 3.34. The van der Waals surface area contributed by atoms with Crippen LogP contribution >= 0.6 is 11.3 Å². The van der Waals surface area contributed by atoms with Gasteiger partial charge in [-0.05, 0) is 54.8 Å². The summed E-state index contributed by atoms with van der Waals surface area (Å²) in [5.74, 6) is -0.186. The number of hydrogen-bond donors (Lipinski definition) is 2. The predicted molar refractivity (Wildman–Crippen MR) is 120 cm³/mol. The maximum Gasteiger partial charge on any atom is 0.338 e. The summed E-state index contributed by atoms with van der Waals surface area (Å²) in [6.45, 7) is 2.41. The van der Waals surface area contributed by atoms with Crippen LogP contribution < -0.4 is 20.1 Å². The number of carbonyl (C=O) groups excluding carboxylic acids is 3. The van der Waals surface area contributed by atoms with Crippen LogP contribution in [0.15, 0.2) is 60.0 Å². The molecule has 0 saturated heterocycles. The minimum atomic E-state index is -1.02. The van der Waals surface area contributed by atoms with Crippen molar-refractivity contribution in [1.29, 1.82) is 0 Å². The van der Waals surface area contributed by atoms with Crippen molar-refractivity contribution in [2.24, 2.45) is 0 Å². The van der Waals surface area contributed by atoms with Gasteiger partial charge in [-0.25, -0.2) is 4.79 Å². The van der Waals surface area contributed by atoms with Crippen LogP contribution in [0.5, 0.6) is 11.5 Å². The predicted octanol–water partition coefficient (Wildman–Crippen LogP) is 3.96. The highest BCUT2D eigenvalue weighted by Gasteiger charge is 2.20. The van der Waals surface area contributed by atoms with Crippen molar-refractivity contribution in [3.63, 3.8) is 0 Å². The molecule has 0 fully saturated rings. The van der Waals surface area contributed by atoms with E-state index < -0.39 is 18.0 Å². The van der Waals surface area contributed by atoms with Gasteiger partial charge in [-0.3, -0.25) is 9.59 Å². The van der Waals surface area contributed by atoms with Crippen molar-refractivity contribution in [3.05, 3.63) is 70.4 Å². The Balaban J connectivity index is 1.31. The van der Waals surface area contributed by atoms with Gasteiger partial charge in [0.1, 0.15) is 13.2 Å². The van der Waals surface area contributed by atoms with E-state index in [1.807, 2.05) is 5.38 Å². The number of nitrogens with one attached hydrogen (secondary N) is 2. The Kier molecular flexibility index (Phi) is 6.37. The molecule has 2 amide bonds. The summed E-state index contributed by atoms with van der Waals surface area (Å²) in [7, 11) is 0. The molecule has 4 rings (SSSR count). The Morgan fingerprint density at radius 1 is 0.938 bits per heavy atom. The molecule has 3 aromatic rings. The van der Waals surface area contributed by atoms with E-state index in [0.29, 0.717) is 41.0 Å². The van der Waals surface area contributed by atoms with Crippen LogP contribution in [0.4, 0.5) is 11.4 Å². The zero-order chi connectivity index (χ0) is 22.5. The van der Waals surface area contributed by atoms with Gasteiger partial charge in [0.25, 0.3) is 11.8 Å². The van der Waals surface area contributed by atoms with Crippen LogP contribution in [-0.4, -0.2) is 37.1 Å². The molecule has 0 aliphatic carbocycles. The smallest absolute Gasteiger partial charge is 0.338 e. The Morgan fingerprint density at radius 3 is 2.38 bits per heavy atom.